The van der Waals surface area contributed by atoms with E-state index in [9.17, 15) is 19.2 Å². The van der Waals surface area contributed by atoms with Gasteiger partial charge >= 0.3 is 0 Å². The lowest BCUT2D eigenvalue weighted by atomic mass is 10.1. The summed E-state index contributed by atoms with van der Waals surface area (Å²) >= 11 is 0. The average molecular weight is 479 g/mol. The van der Waals surface area contributed by atoms with Crippen molar-refractivity contribution in [2.45, 2.75) is 66.9 Å². The molecule has 0 radical (unpaired) electrons. The second kappa shape index (κ2) is 15.0. The molecule has 0 aromatic heterocycles. The van der Waals surface area contributed by atoms with Crippen LogP contribution in [0.3, 0.4) is 0 Å². The zero-order valence-corrected chi connectivity index (χ0v) is 20.9. The quantitative estimate of drug-likeness (QED) is 0.303. The molecule has 34 heavy (non-hydrogen) atoms. The fourth-order valence-corrected chi connectivity index (χ4v) is 2.88. The Morgan fingerprint density at radius 2 is 1.32 bits per heavy atom. The summed E-state index contributed by atoms with van der Waals surface area (Å²) in [5, 5.41) is 5.38. The number of amides is 4. The van der Waals surface area contributed by atoms with E-state index in [2.05, 4.69) is 21.6 Å². The van der Waals surface area contributed by atoms with Gasteiger partial charge in [-0.2, -0.15) is 0 Å². The first-order valence-corrected chi connectivity index (χ1v) is 11.5. The van der Waals surface area contributed by atoms with E-state index in [0.717, 1.165) is 0 Å². The summed E-state index contributed by atoms with van der Waals surface area (Å²) in [7, 11) is 0. The number of hydrogen-bond donors (Lipinski definition) is 4. The molecule has 1 atom stereocenters. The zero-order chi connectivity index (χ0) is 25.7. The Balaban J connectivity index is 2.63. The maximum Gasteiger partial charge on any atom is 0.256 e. The van der Waals surface area contributed by atoms with E-state index >= 15 is 0 Å². The lowest BCUT2D eigenvalue weighted by Gasteiger charge is -2.19. The molecule has 0 aliphatic rings. The monoisotopic (exact) mass is 478 g/mol. The highest BCUT2D eigenvalue weighted by Crippen LogP contribution is 2.17. The highest BCUT2D eigenvalue weighted by atomic mass is 16.7. The molecule has 0 fully saturated rings. The van der Waals surface area contributed by atoms with Gasteiger partial charge in [-0.15, -0.1) is 0 Å². The molecule has 1 aromatic rings. The molecule has 0 bridgehead atoms. The molecule has 0 saturated carbocycles. The van der Waals surface area contributed by atoms with Crippen molar-refractivity contribution in [1.82, 2.24) is 11.0 Å². The SMILES string of the molecule is CC(C)CC(=O)NOCC(=O)Nc1cccc(NC(=O)C(CC(C)C)ONC(=O)CC(C)C)c1. The molecular formula is C24H38N4O6. The molecule has 1 aromatic carbocycles. The van der Waals surface area contributed by atoms with Crippen LogP contribution in [0, 0.1) is 17.8 Å². The van der Waals surface area contributed by atoms with Crippen molar-refractivity contribution in [3.63, 3.8) is 0 Å². The summed E-state index contributed by atoms with van der Waals surface area (Å²) in [4.78, 5) is 58.6. The molecule has 10 nitrogen and oxygen atoms in total. The lowest BCUT2D eigenvalue weighted by Crippen LogP contribution is -2.38. The van der Waals surface area contributed by atoms with Crippen molar-refractivity contribution in [3.05, 3.63) is 24.3 Å². The Hall–Kier alpha value is -2.98. The van der Waals surface area contributed by atoms with Gasteiger partial charge in [-0.25, -0.2) is 11.0 Å². The minimum atomic E-state index is -0.878. The molecule has 4 N–H and O–H groups in total. The van der Waals surface area contributed by atoms with E-state index in [0.29, 0.717) is 30.6 Å². The summed E-state index contributed by atoms with van der Waals surface area (Å²) in [6.07, 6.45) is 0.122. The minimum Gasteiger partial charge on any atom is -0.324 e. The van der Waals surface area contributed by atoms with Gasteiger partial charge in [-0.05, 0) is 42.4 Å². The molecular weight excluding hydrogens is 440 g/mol. The average Bonchev–Trinajstić information content (AvgIpc) is 2.69. The standard InChI is InChI=1S/C24H38N4O6/c1-15(2)10-20(34-28-22(30)12-17(5)6)24(32)26-19-9-7-8-18(13-19)25-23(31)14-33-27-21(29)11-16(3)4/h7-9,13,15-17,20H,10-12,14H2,1-6H3,(H,25,31)(H,26,32)(H,27,29)(H,28,30). The maximum absolute atomic E-state index is 12.8. The highest BCUT2D eigenvalue weighted by molar-refractivity contribution is 5.96. The first-order valence-electron chi connectivity index (χ1n) is 11.5. The summed E-state index contributed by atoms with van der Waals surface area (Å²) in [6.45, 7) is 11.2. The van der Waals surface area contributed by atoms with Gasteiger partial charge < -0.3 is 10.6 Å². The third kappa shape index (κ3) is 12.9. The van der Waals surface area contributed by atoms with Gasteiger partial charge in [-0.1, -0.05) is 47.6 Å². The normalized spacial score (nSPS) is 11.9. The van der Waals surface area contributed by atoms with E-state index in [1.54, 1.807) is 24.3 Å². The van der Waals surface area contributed by atoms with Crippen molar-refractivity contribution < 1.29 is 28.9 Å². The third-order valence-electron chi connectivity index (χ3n) is 4.28. The number of carbonyl (C=O) groups excluding carboxylic acids is 4. The van der Waals surface area contributed by atoms with E-state index in [4.69, 9.17) is 9.68 Å². The number of carbonyl (C=O) groups is 4. The van der Waals surface area contributed by atoms with Crippen LogP contribution in [0.5, 0.6) is 0 Å². The zero-order valence-electron chi connectivity index (χ0n) is 20.9. The second-order valence-corrected chi connectivity index (χ2v) is 9.39. The van der Waals surface area contributed by atoms with Crippen molar-refractivity contribution in [2.24, 2.45) is 17.8 Å². The van der Waals surface area contributed by atoms with Gasteiger partial charge in [0.2, 0.25) is 11.8 Å². The summed E-state index contributed by atoms with van der Waals surface area (Å²) in [5.41, 5.74) is 5.47. The van der Waals surface area contributed by atoms with E-state index < -0.39 is 17.9 Å². The molecule has 0 aliphatic heterocycles. The molecule has 1 unspecified atom stereocenters. The van der Waals surface area contributed by atoms with Crippen LogP contribution in [-0.4, -0.2) is 36.3 Å². The van der Waals surface area contributed by atoms with Crippen LogP contribution in [0.25, 0.3) is 0 Å². The van der Waals surface area contributed by atoms with Crippen molar-refractivity contribution >= 4 is 35.0 Å². The summed E-state index contributed by atoms with van der Waals surface area (Å²) in [6, 6.07) is 6.56. The fraction of sp³-hybridized carbons (Fsp3) is 0.583. The molecule has 190 valence electrons. The Morgan fingerprint density at radius 1 is 0.765 bits per heavy atom. The molecule has 0 heterocycles. The van der Waals surface area contributed by atoms with E-state index in [1.807, 2.05) is 41.5 Å². The molecule has 0 aliphatic carbocycles. The Bertz CT molecular complexity index is 825. The first-order chi connectivity index (χ1) is 16.0. The maximum atomic E-state index is 12.8. The van der Waals surface area contributed by atoms with Gasteiger partial charge in [0, 0.05) is 24.2 Å². The Kier molecular flexibility index (Phi) is 12.8. The van der Waals surface area contributed by atoms with E-state index in [1.165, 1.54) is 0 Å². The van der Waals surface area contributed by atoms with Gasteiger partial charge in [0.1, 0.15) is 0 Å². The van der Waals surface area contributed by atoms with Crippen LogP contribution in [0.2, 0.25) is 0 Å². The third-order valence-corrected chi connectivity index (χ3v) is 4.28. The van der Waals surface area contributed by atoms with Gasteiger partial charge in [0.15, 0.2) is 12.7 Å². The number of benzene rings is 1. The van der Waals surface area contributed by atoms with Gasteiger partial charge in [0.25, 0.3) is 11.8 Å². The first kappa shape index (κ1) is 29.1. The second-order valence-electron chi connectivity index (χ2n) is 9.39. The highest BCUT2D eigenvalue weighted by Gasteiger charge is 2.23. The van der Waals surface area contributed by atoms with Gasteiger partial charge in [0.05, 0.1) is 0 Å². The van der Waals surface area contributed by atoms with Crippen molar-refractivity contribution in [3.8, 4) is 0 Å². The number of hydrogen-bond acceptors (Lipinski definition) is 6. The minimum absolute atomic E-state index is 0.157. The van der Waals surface area contributed by atoms with Crippen LogP contribution in [-0.2, 0) is 28.9 Å². The molecule has 1 rings (SSSR count). The summed E-state index contributed by atoms with van der Waals surface area (Å²) < 4.78 is 0. The smallest absolute Gasteiger partial charge is 0.256 e. The van der Waals surface area contributed by atoms with Crippen molar-refractivity contribution in [2.75, 3.05) is 17.2 Å². The van der Waals surface area contributed by atoms with Crippen LogP contribution in [0.15, 0.2) is 24.3 Å². The number of anilines is 2. The van der Waals surface area contributed by atoms with Crippen LogP contribution >= 0.6 is 0 Å². The van der Waals surface area contributed by atoms with Crippen LogP contribution in [0.1, 0.15) is 60.8 Å². The largest absolute Gasteiger partial charge is 0.324 e. The summed E-state index contributed by atoms with van der Waals surface area (Å²) in [5.74, 6) is -0.974. The molecule has 0 saturated heterocycles. The number of hydroxylamine groups is 2. The van der Waals surface area contributed by atoms with Crippen LogP contribution in [0.4, 0.5) is 11.4 Å². The Morgan fingerprint density at radius 3 is 1.88 bits per heavy atom. The predicted molar refractivity (Wildman–Crippen MR) is 129 cm³/mol. The number of rotatable bonds is 14. The van der Waals surface area contributed by atoms with E-state index in [-0.39, 0.29) is 36.2 Å². The van der Waals surface area contributed by atoms with Crippen molar-refractivity contribution in [1.29, 1.82) is 0 Å². The predicted octanol–water partition coefficient (Wildman–Crippen LogP) is 3.17. The number of nitrogens with one attached hydrogen (secondary N) is 4. The van der Waals surface area contributed by atoms with Gasteiger partial charge in [-0.3, -0.25) is 28.9 Å². The topological polar surface area (TPSA) is 135 Å². The Labute approximate surface area is 201 Å². The molecule has 10 heteroatoms. The molecule has 4 amide bonds. The lowest BCUT2D eigenvalue weighted by molar-refractivity contribution is -0.147. The molecule has 0 spiro atoms. The van der Waals surface area contributed by atoms with Crippen LogP contribution < -0.4 is 21.6 Å². The fourth-order valence-electron chi connectivity index (χ4n) is 2.88.